The Hall–Kier alpha value is -3.90. The van der Waals surface area contributed by atoms with Crippen LogP contribution in [0.1, 0.15) is 36.4 Å². The van der Waals surface area contributed by atoms with Crippen molar-refractivity contribution in [1.29, 1.82) is 0 Å². The molecule has 0 aliphatic carbocycles. The van der Waals surface area contributed by atoms with Crippen LogP contribution in [0.4, 0.5) is 5.69 Å². The van der Waals surface area contributed by atoms with Gasteiger partial charge in [0.2, 0.25) is 5.89 Å². The van der Waals surface area contributed by atoms with Crippen molar-refractivity contribution in [3.8, 4) is 5.75 Å². The third kappa shape index (κ3) is 4.57. The first-order valence-corrected chi connectivity index (χ1v) is 12.0. The highest BCUT2D eigenvalue weighted by Crippen LogP contribution is 2.41. The first-order valence-electron chi connectivity index (χ1n) is 12.0. The summed E-state index contributed by atoms with van der Waals surface area (Å²) in [5, 5.41) is 0. The lowest BCUT2D eigenvalue weighted by Gasteiger charge is -2.31. The SMILES string of the molecule is CCN(CC)Cc1ccc(C2=C/C(=C\c3nc4ncccc4o3)c3cc(OC)ccc3N2C)cc1. The van der Waals surface area contributed by atoms with Crippen molar-refractivity contribution in [2.45, 2.75) is 20.4 Å². The Morgan fingerprint density at radius 1 is 1.06 bits per heavy atom. The van der Waals surface area contributed by atoms with Crippen molar-refractivity contribution < 1.29 is 9.15 Å². The van der Waals surface area contributed by atoms with Gasteiger partial charge in [-0.1, -0.05) is 38.1 Å². The molecule has 0 saturated carbocycles. The molecule has 0 unspecified atom stereocenters. The maximum atomic E-state index is 5.96. The molecule has 0 saturated heterocycles. The van der Waals surface area contributed by atoms with E-state index in [-0.39, 0.29) is 0 Å². The van der Waals surface area contributed by atoms with Crippen LogP contribution in [0.5, 0.6) is 5.75 Å². The van der Waals surface area contributed by atoms with Gasteiger partial charge in [0, 0.05) is 42.8 Å². The van der Waals surface area contributed by atoms with E-state index in [9.17, 15) is 0 Å². The summed E-state index contributed by atoms with van der Waals surface area (Å²) < 4.78 is 11.5. The molecular weight excluding hydrogens is 436 g/mol. The van der Waals surface area contributed by atoms with E-state index in [4.69, 9.17) is 9.15 Å². The van der Waals surface area contributed by atoms with Gasteiger partial charge in [-0.05, 0) is 66.2 Å². The number of benzene rings is 2. The standard InChI is InChI=1S/C29H30N4O2/c1-5-33(6-2)19-20-9-11-21(12-10-20)26-16-22(17-28-31-29-27(35-28)8-7-15-30-29)24-18-23(34-4)13-14-25(24)32(26)3/h7-18H,5-6,19H2,1-4H3/b22-17+. The van der Waals surface area contributed by atoms with Crippen LogP contribution in [0, 0.1) is 0 Å². The minimum atomic E-state index is 0.525. The number of methoxy groups -OCH3 is 1. The maximum absolute atomic E-state index is 5.96. The average Bonchev–Trinajstić information content (AvgIpc) is 3.31. The summed E-state index contributed by atoms with van der Waals surface area (Å²) in [7, 11) is 3.78. The van der Waals surface area contributed by atoms with E-state index in [1.165, 1.54) is 5.56 Å². The van der Waals surface area contributed by atoms with Crippen molar-refractivity contribution in [3.05, 3.63) is 89.5 Å². The lowest BCUT2D eigenvalue weighted by atomic mass is 9.94. The molecule has 6 heteroatoms. The molecule has 6 nitrogen and oxygen atoms in total. The van der Waals surface area contributed by atoms with Gasteiger partial charge in [-0.3, -0.25) is 4.90 Å². The number of nitrogens with zero attached hydrogens (tertiary/aromatic N) is 4. The second kappa shape index (κ2) is 9.76. The fourth-order valence-electron chi connectivity index (χ4n) is 4.48. The third-order valence-corrected chi connectivity index (χ3v) is 6.54. The predicted molar refractivity (Wildman–Crippen MR) is 142 cm³/mol. The van der Waals surface area contributed by atoms with Crippen molar-refractivity contribution in [1.82, 2.24) is 14.9 Å². The quantitative estimate of drug-likeness (QED) is 0.328. The van der Waals surface area contributed by atoms with Gasteiger partial charge in [-0.25, -0.2) is 4.98 Å². The van der Waals surface area contributed by atoms with Crippen molar-refractivity contribution >= 4 is 34.3 Å². The molecule has 35 heavy (non-hydrogen) atoms. The fourth-order valence-corrected chi connectivity index (χ4v) is 4.48. The van der Waals surface area contributed by atoms with Crippen molar-refractivity contribution in [2.75, 3.05) is 32.1 Å². The number of hydrogen-bond donors (Lipinski definition) is 0. The highest BCUT2D eigenvalue weighted by atomic mass is 16.5. The van der Waals surface area contributed by atoms with Gasteiger partial charge in [0.15, 0.2) is 11.2 Å². The Morgan fingerprint density at radius 2 is 1.86 bits per heavy atom. The Bertz CT molecular complexity index is 1360. The number of rotatable bonds is 7. The molecule has 0 radical (unpaired) electrons. The number of pyridine rings is 1. The van der Waals surface area contributed by atoms with Gasteiger partial charge >= 0.3 is 0 Å². The second-order valence-electron chi connectivity index (χ2n) is 8.61. The summed E-state index contributed by atoms with van der Waals surface area (Å²) >= 11 is 0. The Kier molecular flexibility index (Phi) is 6.38. The van der Waals surface area contributed by atoms with E-state index in [1.54, 1.807) is 13.3 Å². The fraction of sp³-hybridized carbons (Fsp3) is 0.241. The zero-order valence-corrected chi connectivity index (χ0v) is 20.7. The monoisotopic (exact) mass is 466 g/mol. The minimum Gasteiger partial charge on any atom is -0.497 e. The molecule has 0 atom stereocenters. The smallest absolute Gasteiger partial charge is 0.222 e. The molecular formula is C29H30N4O2. The number of aromatic nitrogens is 2. The zero-order valence-electron chi connectivity index (χ0n) is 20.7. The van der Waals surface area contributed by atoms with E-state index in [0.717, 1.165) is 53.5 Å². The van der Waals surface area contributed by atoms with Crippen LogP contribution in [0.25, 0.3) is 28.6 Å². The number of ether oxygens (including phenoxy) is 1. The van der Waals surface area contributed by atoms with Crippen LogP contribution in [-0.4, -0.2) is 42.1 Å². The predicted octanol–water partition coefficient (Wildman–Crippen LogP) is 6.10. The zero-order chi connectivity index (χ0) is 24.4. The lowest BCUT2D eigenvalue weighted by Crippen LogP contribution is -2.22. The number of anilines is 1. The Morgan fingerprint density at radius 3 is 2.57 bits per heavy atom. The van der Waals surface area contributed by atoms with Crippen LogP contribution in [0.15, 0.2) is 71.3 Å². The van der Waals surface area contributed by atoms with Crippen LogP contribution in [0.3, 0.4) is 0 Å². The van der Waals surface area contributed by atoms with Gasteiger partial charge in [-0.15, -0.1) is 0 Å². The number of fused-ring (bicyclic) bond motifs is 2. The Labute approximate surface area is 206 Å². The molecule has 1 aliphatic heterocycles. The van der Waals surface area contributed by atoms with Gasteiger partial charge in [-0.2, -0.15) is 4.98 Å². The maximum Gasteiger partial charge on any atom is 0.222 e. The van der Waals surface area contributed by atoms with Gasteiger partial charge < -0.3 is 14.1 Å². The first kappa shape index (κ1) is 22.9. The van der Waals surface area contributed by atoms with E-state index in [0.29, 0.717) is 17.1 Å². The summed E-state index contributed by atoms with van der Waals surface area (Å²) in [5.41, 5.74) is 8.01. The van der Waals surface area contributed by atoms with E-state index in [1.807, 2.05) is 24.3 Å². The largest absolute Gasteiger partial charge is 0.497 e. The lowest BCUT2D eigenvalue weighted by molar-refractivity contribution is 0.296. The molecule has 2 aromatic heterocycles. The summed E-state index contributed by atoms with van der Waals surface area (Å²) in [6.07, 6.45) is 5.88. The topological polar surface area (TPSA) is 54.6 Å². The molecule has 0 N–H and O–H groups in total. The third-order valence-electron chi connectivity index (χ3n) is 6.54. The first-order chi connectivity index (χ1) is 17.1. The van der Waals surface area contributed by atoms with Crippen molar-refractivity contribution in [3.63, 3.8) is 0 Å². The normalized spacial score (nSPS) is 14.5. The number of allylic oxidation sites excluding steroid dienone is 2. The number of oxazole rings is 1. The van der Waals surface area contributed by atoms with E-state index >= 15 is 0 Å². The highest BCUT2D eigenvalue weighted by Gasteiger charge is 2.22. The highest BCUT2D eigenvalue weighted by molar-refractivity contribution is 6.03. The summed E-state index contributed by atoms with van der Waals surface area (Å²) in [5.74, 6) is 1.33. The molecule has 178 valence electrons. The van der Waals surface area contributed by atoms with E-state index in [2.05, 4.69) is 83.1 Å². The summed E-state index contributed by atoms with van der Waals surface area (Å²) in [6.45, 7) is 7.46. The number of hydrogen-bond acceptors (Lipinski definition) is 6. The molecule has 0 amide bonds. The summed E-state index contributed by atoms with van der Waals surface area (Å²) in [4.78, 5) is 13.5. The van der Waals surface area contributed by atoms with Crippen molar-refractivity contribution in [2.24, 2.45) is 0 Å². The minimum absolute atomic E-state index is 0.525. The molecule has 3 heterocycles. The molecule has 0 spiro atoms. The molecule has 0 bridgehead atoms. The van der Waals surface area contributed by atoms with Crippen LogP contribution in [-0.2, 0) is 6.54 Å². The average molecular weight is 467 g/mol. The van der Waals surface area contributed by atoms with Gasteiger partial charge in [0.25, 0.3) is 0 Å². The van der Waals surface area contributed by atoms with E-state index < -0.39 is 0 Å². The van der Waals surface area contributed by atoms with Crippen LogP contribution >= 0.6 is 0 Å². The van der Waals surface area contributed by atoms with Crippen LogP contribution < -0.4 is 9.64 Å². The second-order valence-corrected chi connectivity index (χ2v) is 8.61. The molecule has 0 fully saturated rings. The molecule has 5 rings (SSSR count). The van der Waals surface area contributed by atoms with Crippen LogP contribution in [0.2, 0.25) is 0 Å². The molecule has 2 aromatic carbocycles. The molecule has 1 aliphatic rings. The summed E-state index contributed by atoms with van der Waals surface area (Å²) in [6, 6.07) is 18.7. The Balaban J connectivity index is 1.57. The van der Waals surface area contributed by atoms with Gasteiger partial charge in [0.1, 0.15) is 5.75 Å². The van der Waals surface area contributed by atoms with Gasteiger partial charge in [0.05, 0.1) is 7.11 Å². The molecule has 4 aromatic rings.